The first-order valence-electron chi connectivity index (χ1n) is 9.90. The summed E-state index contributed by atoms with van der Waals surface area (Å²) in [7, 11) is 0. The Kier molecular flexibility index (Phi) is 6.64. The molecule has 1 spiro atoms. The van der Waals surface area contributed by atoms with Gasteiger partial charge in [0.15, 0.2) is 6.29 Å². The first-order chi connectivity index (χ1) is 13.7. The number of rotatable bonds is 5. The fourth-order valence-electron chi connectivity index (χ4n) is 3.26. The molecule has 29 heavy (non-hydrogen) atoms. The minimum Gasteiger partial charge on any atom is -0.445 e. The minimum atomic E-state index is -0.500. The lowest BCUT2D eigenvalue weighted by Crippen LogP contribution is -2.65. The van der Waals surface area contributed by atoms with Gasteiger partial charge in [-0.2, -0.15) is 0 Å². The molecule has 0 saturated carbocycles. The van der Waals surface area contributed by atoms with Crippen molar-refractivity contribution in [2.45, 2.75) is 45.7 Å². The fraction of sp³-hybridized carbons (Fsp3) is 0.619. The average molecular weight is 406 g/mol. The van der Waals surface area contributed by atoms with Crippen LogP contribution in [0.1, 0.15) is 32.8 Å². The van der Waals surface area contributed by atoms with Crippen molar-refractivity contribution < 1.29 is 28.5 Å². The Morgan fingerprint density at radius 2 is 1.83 bits per heavy atom. The van der Waals surface area contributed by atoms with E-state index < -0.39 is 11.7 Å². The second kappa shape index (κ2) is 9.00. The second-order valence-corrected chi connectivity index (χ2v) is 8.67. The predicted octanol–water partition coefficient (Wildman–Crippen LogP) is 2.91. The summed E-state index contributed by atoms with van der Waals surface area (Å²) in [6, 6.07) is 9.51. The van der Waals surface area contributed by atoms with Crippen LogP contribution < -0.4 is 5.32 Å². The maximum absolute atomic E-state index is 12.1. The molecule has 2 fully saturated rings. The van der Waals surface area contributed by atoms with Gasteiger partial charge in [-0.15, -0.1) is 0 Å². The topological polar surface area (TPSA) is 86.3 Å². The third-order valence-electron chi connectivity index (χ3n) is 4.72. The molecular weight excluding hydrogens is 376 g/mol. The van der Waals surface area contributed by atoms with Gasteiger partial charge >= 0.3 is 12.2 Å². The number of amides is 2. The molecule has 2 aliphatic rings. The van der Waals surface area contributed by atoms with Crippen molar-refractivity contribution >= 4 is 12.2 Å². The number of nitrogens with zero attached hydrogens (tertiary/aromatic N) is 1. The van der Waals surface area contributed by atoms with Crippen LogP contribution >= 0.6 is 0 Å². The van der Waals surface area contributed by atoms with Gasteiger partial charge in [-0.1, -0.05) is 30.3 Å². The smallest absolute Gasteiger partial charge is 0.410 e. The Morgan fingerprint density at radius 3 is 2.45 bits per heavy atom. The van der Waals surface area contributed by atoms with Crippen molar-refractivity contribution in [2.24, 2.45) is 5.41 Å². The number of hydrogen-bond acceptors (Lipinski definition) is 6. The number of ether oxygens (including phenoxy) is 4. The number of alkyl carbamates (subject to hydrolysis) is 1. The molecule has 1 N–H and O–H groups in total. The van der Waals surface area contributed by atoms with Crippen molar-refractivity contribution in [2.75, 3.05) is 32.8 Å². The summed E-state index contributed by atoms with van der Waals surface area (Å²) in [4.78, 5) is 25.5. The van der Waals surface area contributed by atoms with Crippen LogP contribution in [0.4, 0.5) is 9.59 Å². The van der Waals surface area contributed by atoms with Gasteiger partial charge in [0.05, 0.1) is 18.6 Å². The SMILES string of the molecule is CC(C)(C)OC(=O)N1CC2(COC(CCNC(=O)OCc3ccccc3)OC2)C1. The molecule has 0 atom stereocenters. The van der Waals surface area contributed by atoms with Gasteiger partial charge in [-0.3, -0.25) is 0 Å². The lowest BCUT2D eigenvalue weighted by molar-refractivity contribution is -0.255. The Morgan fingerprint density at radius 1 is 1.17 bits per heavy atom. The van der Waals surface area contributed by atoms with E-state index in [4.69, 9.17) is 18.9 Å². The van der Waals surface area contributed by atoms with Crippen molar-refractivity contribution in [3.8, 4) is 0 Å². The van der Waals surface area contributed by atoms with Crippen LogP contribution in [0.25, 0.3) is 0 Å². The van der Waals surface area contributed by atoms with E-state index in [1.165, 1.54) is 0 Å². The molecule has 0 bridgehead atoms. The molecule has 1 aromatic rings. The first-order valence-corrected chi connectivity index (χ1v) is 9.90. The van der Waals surface area contributed by atoms with E-state index in [1.54, 1.807) is 4.90 Å². The molecule has 0 aromatic heterocycles. The third kappa shape index (κ3) is 6.33. The molecule has 2 aliphatic heterocycles. The molecular formula is C21H30N2O6. The number of carbonyl (C=O) groups is 2. The Labute approximate surface area is 171 Å². The first kappa shape index (κ1) is 21.4. The van der Waals surface area contributed by atoms with Gasteiger partial charge in [0.1, 0.15) is 12.2 Å². The zero-order chi connectivity index (χ0) is 20.9. The molecule has 8 nitrogen and oxygen atoms in total. The number of hydrogen-bond donors (Lipinski definition) is 1. The average Bonchev–Trinajstić information content (AvgIpc) is 2.64. The number of nitrogens with one attached hydrogen (secondary N) is 1. The molecule has 2 amide bonds. The quantitative estimate of drug-likeness (QED) is 0.809. The number of carbonyl (C=O) groups excluding carboxylic acids is 2. The van der Waals surface area contributed by atoms with Crippen molar-refractivity contribution in [1.82, 2.24) is 10.2 Å². The highest BCUT2D eigenvalue weighted by molar-refractivity contribution is 5.69. The van der Waals surface area contributed by atoms with E-state index in [9.17, 15) is 9.59 Å². The number of likely N-dealkylation sites (tertiary alicyclic amines) is 1. The Bertz CT molecular complexity index is 687. The van der Waals surface area contributed by atoms with E-state index >= 15 is 0 Å². The number of benzene rings is 1. The highest BCUT2D eigenvalue weighted by Crippen LogP contribution is 2.36. The largest absolute Gasteiger partial charge is 0.445 e. The third-order valence-corrected chi connectivity index (χ3v) is 4.72. The molecule has 2 saturated heterocycles. The summed E-state index contributed by atoms with van der Waals surface area (Å²) < 4.78 is 22.1. The van der Waals surface area contributed by atoms with Crippen LogP contribution in [0.15, 0.2) is 30.3 Å². The lowest BCUT2D eigenvalue weighted by atomic mass is 9.81. The van der Waals surface area contributed by atoms with Gasteiger partial charge in [0, 0.05) is 26.1 Å². The Balaban J connectivity index is 1.28. The van der Waals surface area contributed by atoms with Gasteiger partial charge in [0.2, 0.25) is 0 Å². The molecule has 3 rings (SSSR count). The monoisotopic (exact) mass is 406 g/mol. The predicted molar refractivity (Wildman–Crippen MR) is 105 cm³/mol. The zero-order valence-corrected chi connectivity index (χ0v) is 17.3. The van der Waals surface area contributed by atoms with E-state index in [-0.39, 0.29) is 24.4 Å². The maximum atomic E-state index is 12.1. The summed E-state index contributed by atoms with van der Waals surface area (Å²) in [5, 5.41) is 2.70. The molecule has 0 radical (unpaired) electrons. The molecule has 2 heterocycles. The van der Waals surface area contributed by atoms with Gasteiger partial charge in [-0.25, -0.2) is 9.59 Å². The minimum absolute atomic E-state index is 0.157. The molecule has 1 aromatic carbocycles. The van der Waals surface area contributed by atoms with E-state index in [0.717, 1.165) is 5.56 Å². The normalized spacial score (nSPS) is 18.8. The van der Waals surface area contributed by atoms with Crippen LogP contribution in [0, 0.1) is 5.41 Å². The summed E-state index contributed by atoms with van der Waals surface area (Å²) in [5.41, 5.74) is 0.280. The van der Waals surface area contributed by atoms with Crippen molar-refractivity contribution in [3.05, 3.63) is 35.9 Å². The molecule has 0 aliphatic carbocycles. The van der Waals surface area contributed by atoms with Crippen LogP contribution in [-0.2, 0) is 25.6 Å². The summed E-state index contributed by atoms with van der Waals surface area (Å²) >= 11 is 0. The van der Waals surface area contributed by atoms with Gasteiger partial charge in [-0.05, 0) is 26.3 Å². The fourth-order valence-corrected chi connectivity index (χ4v) is 3.26. The van der Waals surface area contributed by atoms with E-state index in [1.807, 2.05) is 51.1 Å². The van der Waals surface area contributed by atoms with Gasteiger partial charge < -0.3 is 29.2 Å². The van der Waals surface area contributed by atoms with Crippen LogP contribution in [0.5, 0.6) is 0 Å². The van der Waals surface area contributed by atoms with Crippen LogP contribution in [0.2, 0.25) is 0 Å². The molecule has 8 heteroatoms. The second-order valence-electron chi connectivity index (χ2n) is 8.67. The molecule has 0 unspecified atom stereocenters. The highest BCUT2D eigenvalue weighted by atomic mass is 16.7. The van der Waals surface area contributed by atoms with Crippen LogP contribution in [0.3, 0.4) is 0 Å². The van der Waals surface area contributed by atoms with Crippen LogP contribution in [-0.4, -0.2) is 61.8 Å². The van der Waals surface area contributed by atoms with Crippen molar-refractivity contribution in [1.29, 1.82) is 0 Å². The molecule has 160 valence electrons. The lowest BCUT2D eigenvalue weighted by Gasteiger charge is -2.52. The van der Waals surface area contributed by atoms with E-state index in [2.05, 4.69) is 5.32 Å². The maximum Gasteiger partial charge on any atom is 0.410 e. The summed E-state index contributed by atoms with van der Waals surface area (Å²) in [5.74, 6) is 0. The standard InChI is InChI=1S/C21H30N2O6/c1-20(2,3)29-19(25)23-12-21(13-23)14-27-17(28-15-21)9-10-22-18(24)26-11-16-7-5-4-6-8-16/h4-8,17H,9-15H2,1-3H3,(H,22,24). The highest BCUT2D eigenvalue weighted by Gasteiger charge is 2.49. The zero-order valence-electron chi connectivity index (χ0n) is 17.3. The van der Waals surface area contributed by atoms with Crippen molar-refractivity contribution in [3.63, 3.8) is 0 Å². The summed E-state index contributed by atoms with van der Waals surface area (Å²) in [6.07, 6.45) is -0.603. The summed E-state index contributed by atoms with van der Waals surface area (Å²) in [6.45, 7) is 8.37. The van der Waals surface area contributed by atoms with Gasteiger partial charge in [0.25, 0.3) is 0 Å². The van der Waals surface area contributed by atoms with E-state index in [0.29, 0.717) is 39.3 Å². The Hall–Kier alpha value is -2.32.